The molecular weight excluding hydrogens is 446 g/mol. The monoisotopic (exact) mass is 505 g/mol. The Morgan fingerprint density at radius 2 is 1.08 bits per heavy atom. The van der Waals surface area contributed by atoms with Crippen molar-refractivity contribution in [1.82, 2.24) is 5.32 Å². The summed E-state index contributed by atoms with van der Waals surface area (Å²) in [5.41, 5.74) is 0. The minimum absolute atomic E-state index is 0.0888. The molecule has 0 unspecified atom stereocenters. The third kappa shape index (κ3) is 24.3. The van der Waals surface area contributed by atoms with Crippen LogP contribution in [0.5, 0.6) is 0 Å². The molecule has 1 amide bonds. The number of allylic oxidation sites excluding steroid dienone is 5. The van der Waals surface area contributed by atoms with Crippen LogP contribution >= 0.6 is 0 Å². The smallest absolute Gasteiger partial charge is 0.220 e. The Labute approximate surface area is 223 Å². The van der Waals surface area contributed by atoms with Crippen LogP contribution in [0, 0.1) is 0 Å². The fourth-order valence-corrected chi connectivity index (χ4v) is 4.18. The molecule has 2 atom stereocenters. The predicted molar refractivity (Wildman–Crippen MR) is 156 cm³/mol. The van der Waals surface area contributed by atoms with Gasteiger partial charge >= 0.3 is 0 Å². The third-order valence-electron chi connectivity index (χ3n) is 6.60. The van der Waals surface area contributed by atoms with E-state index < -0.39 is 12.1 Å². The molecule has 0 radical (unpaired) electrons. The highest BCUT2D eigenvalue weighted by Gasteiger charge is 2.17. The molecule has 0 aliphatic rings. The largest absolute Gasteiger partial charge is 0.394 e. The molecule has 0 saturated heterocycles. The van der Waals surface area contributed by atoms with E-state index in [1.165, 1.54) is 77.0 Å². The summed E-state index contributed by atoms with van der Waals surface area (Å²) < 4.78 is 0. The van der Waals surface area contributed by atoms with Crippen LogP contribution in [-0.4, -0.2) is 34.9 Å². The van der Waals surface area contributed by atoms with E-state index in [-0.39, 0.29) is 12.5 Å². The summed E-state index contributed by atoms with van der Waals surface area (Å²) in [6, 6.07) is -0.638. The number of carbonyl (C=O) groups excluding carboxylic acids is 1. The van der Waals surface area contributed by atoms with Crippen molar-refractivity contribution >= 4 is 5.91 Å². The second-order valence-electron chi connectivity index (χ2n) is 10.2. The van der Waals surface area contributed by atoms with Gasteiger partial charge in [-0.05, 0) is 57.8 Å². The van der Waals surface area contributed by atoms with E-state index in [4.69, 9.17) is 0 Å². The first-order valence-corrected chi connectivity index (χ1v) is 15.2. The topological polar surface area (TPSA) is 69.6 Å². The molecule has 0 aliphatic carbocycles. The number of unbranched alkanes of at least 4 members (excludes halogenated alkanes) is 15. The quantitative estimate of drug-likeness (QED) is 0.0817. The van der Waals surface area contributed by atoms with Crippen molar-refractivity contribution in [2.45, 2.75) is 154 Å². The lowest BCUT2D eigenvalue weighted by Crippen LogP contribution is -2.45. The van der Waals surface area contributed by atoms with E-state index in [9.17, 15) is 15.0 Å². The number of hydrogen-bond acceptors (Lipinski definition) is 3. The number of carbonyl (C=O) groups is 1. The first-order valence-electron chi connectivity index (χ1n) is 15.2. The molecule has 4 heteroatoms. The van der Waals surface area contributed by atoms with Crippen LogP contribution in [0.4, 0.5) is 0 Å². The van der Waals surface area contributed by atoms with Gasteiger partial charge in [0.1, 0.15) is 0 Å². The standard InChI is InChI=1S/C32H59NO3/c1-3-5-7-9-11-13-14-15-16-17-18-20-22-24-26-28-32(36)33-30(29-34)31(35)27-25-23-21-19-12-10-8-6-4-2/h12,15-16,19,25,27,30-31,34-35H,3-11,13-14,17-18,20-24,26,28-29H2,1-2H3,(H,33,36)/b16-15+,19-12+,27-25+/t30-,31+/m0/s1. The van der Waals surface area contributed by atoms with Crippen molar-refractivity contribution in [2.75, 3.05) is 6.61 Å². The first kappa shape index (κ1) is 34.6. The summed E-state index contributed by atoms with van der Waals surface area (Å²) in [6.45, 7) is 4.21. The van der Waals surface area contributed by atoms with Crippen LogP contribution < -0.4 is 5.32 Å². The van der Waals surface area contributed by atoms with Crippen molar-refractivity contribution in [3.8, 4) is 0 Å². The molecule has 0 bridgehead atoms. The van der Waals surface area contributed by atoms with Crippen molar-refractivity contribution in [3.05, 3.63) is 36.5 Å². The van der Waals surface area contributed by atoms with Crippen LogP contribution in [0.15, 0.2) is 36.5 Å². The van der Waals surface area contributed by atoms with Gasteiger partial charge in [0.25, 0.3) is 0 Å². The van der Waals surface area contributed by atoms with E-state index in [2.05, 4.69) is 43.5 Å². The number of aliphatic hydroxyl groups excluding tert-OH is 2. The molecule has 0 fully saturated rings. The Morgan fingerprint density at radius 3 is 1.67 bits per heavy atom. The Kier molecular flexibility index (Phi) is 27.1. The van der Waals surface area contributed by atoms with Gasteiger partial charge in [0, 0.05) is 6.42 Å². The van der Waals surface area contributed by atoms with Gasteiger partial charge in [0.05, 0.1) is 18.8 Å². The average Bonchev–Trinajstić information content (AvgIpc) is 2.88. The zero-order chi connectivity index (χ0) is 26.5. The van der Waals surface area contributed by atoms with Crippen LogP contribution in [0.1, 0.15) is 142 Å². The molecule has 4 nitrogen and oxygen atoms in total. The van der Waals surface area contributed by atoms with Gasteiger partial charge in [-0.2, -0.15) is 0 Å². The van der Waals surface area contributed by atoms with Gasteiger partial charge in [-0.25, -0.2) is 0 Å². The zero-order valence-electron chi connectivity index (χ0n) is 23.8. The maximum atomic E-state index is 12.2. The van der Waals surface area contributed by atoms with Gasteiger partial charge in [0.15, 0.2) is 0 Å². The second-order valence-corrected chi connectivity index (χ2v) is 10.2. The summed E-state index contributed by atoms with van der Waals surface area (Å²) in [6.07, 6.45) is 35.0. The molecule has 210 valence electrons. The fourth-order valence-electron chi connectivity index (χ4n) is 4.18. The summed E-state index contributed by atoms with van der Waals surface area (Å²) in [5.74, 6) is -0.0888. The lowest BCUT2D eigenvalue weighted by Gasteiger charge is -2.19. The summed E-state index contributed by atoms with van der Waals surface area (Å²) >= 11 is 0. The van der Waals surface area contributed by atoms with Crippen LogP contribution in [0.25, 0.3) is 0 Å². The van der Waals surface area contributed by atoms with Crippen molar-refractivity contribution in [2.24, 2.45) is 0 Å². The minimum Gasteiger partial charge on any atom is -0.394 e. The van der Waals surface area contributed by atoms with Gasteiger partial charge in [0.2, 0.25) is 5.91 Å². The van der Waals surface area contributed by atoms with Gasteiger partial charge in [-0.3, -0.25) is 4.79 Å². The molecule has 0 heterocycles. The van der Waals surface area contributed by atoms with Gasteiger partial charge in [-0.1, -0.05) is 115 Å². The predicted octanol–water partition coefficient (Wildman–Crippen LogP) is 8.33. The highest BCUT2D eigenvalue weighted by Crippen LogP contribution is 2.10. The molecule has 0 rings (SSSR count). The maximum absolute atomic E-state index is 12.2. The number of aliphatic hydroxyl groups is 2. The van der Waals surface area contributed by atoms with Crippen molar-refractivity contribution in [3.63, 3.8) is 0 Å². The molecule has 0 aromatic heterocycles. The number of rotatable bonds is 26. The maximum Gasteiger partial charge on any atom is 0.220 e. The van der Waals surface area contributed by atoms with E-state index in [1.54, 1.807) is 6.08 Å². The fraction of sp³-hybridized carbons (Fsp3) is 0.781. The molecule has 0 aromatic rings. The van der Waals surface area contributed by atoms with E-state index in [1.807, 2.05) is 6.08 Å². The highest BCUT2D eigenvalue weighted by atomic mass is 16.3. The molecule has 0 aromatic carbocycles. The third-order valence-corrected chi connectivity index (χ3v) is 6.60. The molecule has 0 aliphatic heterocycles. The normalized spacial score (nSPS) is 13.8. The summed E-state index contributed by atoms with van der Waals surface area (Å²) in [4.78, 5) is 12.2. The first-order chi connectivity index (χ1) is 17.7. The van der Waals surface area contributed by atoms with Crippen molar-refractivity contribution in [1.29, 1.82) is 0 Å². The molecular formula is C32H59NO3. The van der Waals surface area contributed by atoms with E-state index in [0.29, 0.717) is 6.42 Å². The van der Waals surface area contributed by atoms with Crippen molar-refractivity contribution < 1.29 is 15.0 Å². The Morgan fingerprint density at radius 1 is 0.639 bits per heavy atom. The SMILES string of the molecule is CCCCC/C=C/CC/C=C/[C@@H](O)[C@H](CO)NC(=O)CCCCCCC/C=C/CCCCCCCC. The summed E-state index contributed by atoms with van der Waals surface area (Å²) in [7, 11) is 0. The van der Waals surface area contributed by atoms with E-state index in [0.717, 1.165) is 44.9 Å². The number of hydrogen-bond donors (Lipinski definition) is 3. The minimum atomic E-state index is -0.860. The molecule has 0 saturated carbocycles. The average molecular weight is 506 g/mol. The number of amides is 1. The zero-order valence-corrected chi connectivity index (χ0v) is 23.8. The van der Waals surface area contributed by atoms with Crippen LogP contribution in [-0.2, 0) is 4.79 Å². The highest BCUT2D eigenvalue weighted by molar-refractivity contribution is 5.76. The van der Waals surface area contributed by atoms with Crippen LogP contribution in [0.2, 0.25) is 0 Å². The summed E-state index contributed by atoms with van der Waals surface area (Å²) in [5, 5.41) is 22.6. The van der Waals surface area contributed by atoms with Gasteiger partial charge < -0.3 is 15.5 Å². The Hall–Kier alpha value is -1.39. The number of nitrogens with one attached hydrogen (secondary N) is 1. The lowest BCUT2D eigenvalue weighted by atomic mass is 10.1. The second kappa shape index (κ2) is 28.2. The van der Waals surface area contributed by atoms with Gasteiger partial charge in [-0.15, -0.1) is 0 Å². The lowest BCUT2D eigenvalue weighted by molar-refractivity contribution is -0.123. The molecule has 36 heavy (non-hydrogen) atoms. The molecule has 0 spiro atoms. The Balaban J connectivity index is 3.72. The van der Waals surface area contributed by atoms with E-state index >= 15 is 0 Å². The Bertz CT molecular complexity index is 556. The van der Waals surface area contributed by atoms with Crippen LogP contribution in [0.3, 0.4) is 0 Å². The molecule has 3 N–H and O–H groups in total.